The van der Waals surface area contributed by atoms with E-state index in [0.717, 1.165) is 16.7 Å². The van der Waals surface area contributed by atoms with Crippen LogP contribution in [0.25, 0.3) is 11.4 Å². The zero-order valence-corrected chi connectivity index (χ0v) is 9.93. The van der Waals surface area contributed by atoms with E-state index in [-0.39, 0.29) is 11.6 Å². The lowest BCUT2D eigenvalue weighted by atomic mass is 10.1. The first-order chi connectivity index (χ1) is 7.99. The Morgan fingerprint density at radius 3 is 2.29 bits per heavy atom. The lowest BCUT2D eigenvalue weighted by Gasteiger charge is -2.04. The van der Waals surface area contributed by atoms with E-state index in [1.807, 2.05) is 13.8 Å². The Morgan fingerprint density at radius 1 is 1.24 bits per heavy atom. The first kappa shape index (κ1) is 11.6. The van der Waals surface area contributed by atoms with E-state index in [9.17, 15) is 10.2 Å². The number of benzene rings is 1. The third-order valence-corrected chi connectivity index (χ3v) is 2.55. The van der Waals surface area contributed by atoms with Crippen LogP contribution < -0.4 is 0 Å². The molecule has 1 aromatic carbocycles. The largest absolute Gasteiger partial charge is 0.507 e. The predicted molar refractivity (Wildman–Crippen MR) is 61.5 cm³/mol. The Hall–Kier alpha value is -1.88. The van der Waals surface area contributed by atoms with Crippen molar-refractivity contribution < 1.29 is 14.7 Å². The van der Waals surface area contributed by atoms with Gasteiger partial charge in [0.15, 0.2) is 0 Å². The number of hydrogen-bond donors (Lipinski definition) is 2. The molecule has 0 bridgehead atoms. The Bertz CT molecular complexity index is 523. The molecule has 0 saturated heterocycles. The lowest BCUT2D eigenvalue weighted by Crippen LogP contribution is -1.91. The van der Waals surface area contributed by atoms with Gasteiger partial charge in [-0.1, -0.05) is 5.16 Å². The molecule has 5 heteroatoms. The van der Waals surface area contributed by atoms with Crippen molar-refractivity contribution in [1.29, 1.82) is 0 Å². The Kier molecular flexibility index (Phi) is 2.85. The van der Waals surface area contributed by atoms with Gasteiger partial charge in [-0.05, 0) is 44.0 Å². The molecule has 0 saturated carbocycles. The fraction of sp³-hybridized carbons (Fsp3) is 0.333. The highest BCUT2D eigenvalue weighted by Gasteiger charge is 2.14. The summed E-state index contributed by atoms with van der Waals surface area (Å²) in [5.74, 6) is 0.864. The Balaban J connectivity index is 2.46. The summed E-state index contributed by atoms with van der Waals surface area (Å²) < 4.78 is 4.92. The van der Waals surface area contributed by atoms with E-state index in [0.29, 0.717) is 5.82 Å². The molecule has 0 aliphatic carbocycles. The average Bonchev–Trinajstić information content (AvgIpc) is 2.74. The first-order valence-corrected chi connectivity index (χ1v) is 5.31. The zero-order valence-electron chi connectivity index (χ0n) is 9.93. The van der Waals surface area contributed by atoms with Gasteiger partial charge in [0.2, 0.25) is 5.82 Å². The van der Waals surface area contributed by atoms with Gasteiger partial charge >= 0.3 is 0 Å². The molecule has 0 spiro atoms. The average molecular weight is 234 g/mol. The number of nitrogens with zero attached hydrogens (tertiary/aromatic N) is 2. The molecule has 1 heterocycles. The van der Waals surface area contributed by atoms with Crippen LogP contribution in [0.3, 0.4) is 0 Å². The minimum Gasteiger partial charge on any atom is -0.507 e. The monoisotopic (exact) mass is 234 g/mol. The fourth-order valence-corrected chi connectivity index (χ4v) is 1.61. The van der Waals surface area contributed by atoms with Crippen molar-refractivity contribution in [3.8, 4) is 17.1 Å². The second-order valence-electron chi connectivity index (χ2n) is 4.09. The van der Waals surface area contributed by atoms with E-state index in [1.165, 1.54) is 0 Å². The van der Waals surface area contributed by atoms with E-state index >= 15 is 0 Å². The molecule has 1 atom stereocenters. The lowest BCUT2D eigenvalue weighted by molar-refractivity contribution is 0.152. The second-order valence-corrected chi connectivity index (χ2v) is 4.09. The molecule has 0 amide bonds. The van der Waals surface area contributed by atoms with Gasteiger partial charge in [-0.15, -0.1) is 0 Å². The van der Waals surface area contributed by atoms with Crippen molar-refractivity contribution in [3.05, 3.63) is 29.2 Å². The molecule has 1 aromatic heterocycles. The van der Waals surface area contributed by atoms with Gasteiger partial charge in [-0.2, -0.15) is 4.98 Å². The fourth-order valence-electron chi connectivity index (χ4n) is 1.61. The van der Waals surface area contributed by atoms with Crippen LogP contribution in [0.4, 0.5) is 0 Å². The number of aryl methyl sites for hydroxylation is 2. The predicted octanol–water partition coefficient (Wildman–Crippen LogP) is 2.11. The van der Waals surface area contributed by atoms with Gasteiger partial charge in [-0.25, -0.2) is 0 Å². The van der Waals surface area contributed by atoms with Gasteiger partial charge in [0.05, 0.1) is 0 Å². The molecular weight excluding hydrogens is 220 g/mol. The highest BCUT2D eigenvalue weighted by atomic mass is 16.5. The summed E-state index contributed by atoms with van der Waals surface area (Å²) in [6.45, 7) is 5.17. The third-order valence-electron chi connectivity index (χ3n) is 2.55. The summed E-state index contributed by atoms with van der Waals surface area (Å²) in [4.78, 5) is 4.08. The number of phenolic OH excluding ortho intramolecular Hbond substituents is 1. The van der Waals surface area contributed by atoms with Crippen molar-refractivity contribution in [2.24, 2.45) is 0 Å². The van der Waals surface area contributed by atoms with Crippen LogP contribution in [-0.4, -0.2) is 20.4 Å². The van der Waals surface area contributed by atoms with Gasteiger partial charge in [0.25, 0.3) is 5.89 Å². The van der Waals surface area contributed by atoms with Crippen LogP contribution in [0.5, 0.6) is 5.75 Å². The quantitative estimate of drug-likeness (QED) is 0.831. The van der Waals surface area contributed by atoms with Crippen molar-refractivity contribution in [2.45, 2.75) is 26.9 Å². The minimum absolute atomic E-state index is 0.184. The van der Waals surface area contributed by atoms with E-state index in [2.05, 4.69) is 10.1 Å². The number of hydrogen-bond acceptors (Lipinski definition) is 5. The van der Waals surface area contributed by atoms with Gasteiger partial charge < -0.3 is 14.7 Å². The van der Waals surface area contributed by atoms with Crippen molar-refractivity contribution >= 4 is 0 Å². The van der Waals surface area contributed by atoms with Crippen molar-refractivity contribution in [2.75, 3.05) is 0 Å². The highest BCUT2D eigenvalue weighted by molar-refractivity contribution is 5.60. The molecule has 0 radical (unpaired) electrons. The summed E-state index contributed by atoms with van der Waals surface area (Å²) in [5.41, 5.74) is 2.26. The summed E-state index contributed by atoms with van der Waals surface area (Å²) in [6, 6.07) is 3.55. The number of phenols is 1. The highest BCUT2D eigenvalue weighted by Crippen LogP contribution is 2.28. The molecule has 1 unspecified atom stereocenters. The zero-order chi connectivity index (χ0) is 12.6. The number of aliphatic hydroxyl groups excluding tert-OH is 1. The summed E-state index contributed by atoms with van der Waals surface area (Å²) in [7, 11) is 0. The maximum absolute atomic E-state index is 9.67. The first-order valence-electron chi connectivity index (χ1n) is 5.31. The molecule has 2 aromatic rings. The molecule has 2 rings (SSSR count). The Labute approximate surface area is 98.7 Å². The maximum atomic E-state index is 9.67. The topological polar surface area (TPSA) is 79.4 Å². The third kappa shape index (κ3) is 2.14. The minimum atomic E-state index is -0.782. The normalized spacial score (nSPS) is 12.7. The summed E-state index contributed by atoms with van der Waals surface area (Å²) in [5, 5.41) is 22.8. The Morgan fingerprint density at radius 2 is 1.82 bits per heavy atom. The van der Waals surface area contributed by atoms with E-state index in [4.69, 9.17) is 4.52 Å². The molecular formula is C12H14N2O3. The number of aromatic nitrogens is 2. The van der Waals surface area contributed by atoms with Gasteiger partial charge in [-0.3, -0.25) is 0 Å². The number of rotatable bonds is 2. The van der Waals surface area contributed by atoms with E-state index < -0.39 is 6.10 Å². The van der Waals surface area contributed by atoms with Crippen LogP contribution in [-0.2, 0) is 0 Å². The van der Waals surface area contributed by atoms with Gasteiger partial charge in [0, 0.05) is 5.56 Å². The van der Waals surface area contributed by atoms with Crippen LogP contribution in [0.2, 0.25) is 0 Å². The van der Waals surface area contributed by atoms with Crippen LogP contribution in [0.15, 0.2) is 16.7 Å². The molecule has 0 aliphatic heterocycles. The molecule has 0 fully saturated rings. The molecule has 0 aliphatic rings. The molecule has 5 nitrogen and oxygen atoms in total. The maximum Gasteiger partial charge on any atom is 0.255 e. The van der Waals surface area contributed by atoms with Gasteiger partial charge in [0.1, 0.15) is 11.9 Å². The second kappa shape index (κ2) is 4.18. The number of aliphatic hydroxyl groups is 1. The summed E-state index contributed by atoms with van der Waals surface area (Å²) >= 11 is 0. The molecule has 17 heavy (non-hydrogen) atoms. The van der Waals surface area contributed by atoms with Crippen LogP contribution >= 0.6 is 0 Å². The molecule has 90 valence electrons. The van der Waals surface area contributed by atoms with Crippen LogP contribution in [0, 0.1) is 13.8 Å². The smallest absolute Gasteiger partial charge is 0.255 e. The van der Waals surface area contributed by atoms with Crippen LogP contribution in [0.1, 0.15) is 30.0 Å². The molecule has 2 N–H and O–H groups in total. The van der Waals surface area contributed by atoms with Crippen molar-refractivity contribution in [3.63, 3.8) is 0 Å². The number of aromatic hydroxyl groups is 1. The van der Waals surface area contributed by atoms with Crippen molar-refractivity contribution in [1.82, 2.24) is 10.1 Å². The standard InChI is InChI=1S/C12H14N2O3/c1-6-4-9(5-7(2)10(6)16)11-13-12(8(3)15)17-14-11/h4-5,8,15-16H,1-3H3. The SMILES string of the molecule is Cc1cc(-c2noc(C(C)O)n2)cc(C)c1O. The van der Waals surface area contributed by atoms with E-state index in [1.54, 1.807) is 19.1 Å². The summed E-state index contributed by atoms with van der Waals surface area (Å²) in [6.07, 6.45) is -0.782.